The predicted octanol–water partition coefficient (Wildman–Crippen LogP) is 2.49. The Balaban J connectivity index is 1.75. The van der Waals surface area contributed by atoms with Gasteiger partial charge in [-0.15, -0.1) is 0 Å². The van der Waals surface area contributed by atoms with E-state index in [2.05, 4.69) is 5.43 Å². The summed E-state index contributed by atoms with van der Waals surface area (Å²) in [5, 5.41) is 19.8. The van der Waals surface area contributed by atoms with Crippen LogP contribution in [-0.2, 0) is 10.3 Å². The number of nitrogens with one attached hydrogen (secondary N) is 1. The maximum absolute atomic E-state index is 13.8. The Morgan fingerprint density at radius 1 is 0.892 bits per heavy atom. The van der Waals surface area contributed by atoms with E-state index in [0.29, 0.717) is 5.56 Å². The van der Waals surface area contributed by atoms with Crippen LogP contribution in [0.1, 0.15) is 34.9 Å². The van der Waals surface area contributed by atoms with E-state index in [1.54, 1.807) is 6.92 Å². The molecule has 2 heterocycles. The number of ether oxygens (including phenoxy) is 1. The van der Waals surface area contributed by atoms with E-state index in [0.717, 1.165) is 21.4 Å². The predicted molar refractivity (Wildman–Crippen MR) is 140 cm³/mol. The molecule has 0 aliphatic carbocycles. The van der Waals surface area contributed by atoms with E-state index < -0.39 is 35.2 Å². The van der Waals surface area contributed by atoms with Crippen LogP contribution in [0.2, 0.25) is 0 Å². The molecule has 0 bridgehead atoms. The van der Waals surface area contributed by atoms with Crippen molar-refractivity contribution in [2.24, 2.45) is 0 Å². The van der Waals surface area contributed by atoms with Crippen LogP contribution < -0.4 is 16.7 Å². The smallest absolute Gasteiger partial charge is 0.352 e. The van der Waals surface area contributed by atoms with Crippen molar-refractivity contribution in [3.63, 3.8) is 0 Å². The molecule has 1 unspecified atom stereocenters. The molecule has 0 radical (unpaired) electrons. The van der Waals surface area contributed by atoms with Crippen molar-refractivity contribution in [3.05, 3.63) is 140 Å². The van der Waals surface area contributed by atoms with Gasteiger partial charge in [-0.1, -0.05) is 91.0 Å². The maximum atomic E-state index is 13.8. The van der Waals surface area contributed by atoms with Crippen molar-refractivity contribution in [1.29, 1.82) is 0 Å². The molecular formula is C29H29N3O5. The lowest BCUT2D eigenvalue weighted by Gasteiger charge is -2.37. The highest BCUT2D eigenvalue weighted by Gasteiger charge is 2.39. The second kappa shape index (κ2) is 10.2. The van der Waals surface area contributed by atoms with E-state index in [1.807, 2.05) is 91.0 Å². The van der Waals surface area contributed by atoms with Crippen LogP contribution in [0.25, 0.3) is 0 Å². The van der Waals surface area contributed by atoms with Gasteiger partial charge < -0.3 is 14.9 Å². The molecule has 1 saturated heterocycles. The molecule has 37 heavy (non-hydrogen) atoms. The summed E-state index contributed by atoms with van der Waals surface area (Å²) in [5.41, 5.74) is 3.91. The van der Waals surface area contributed by atoms with Crippen LogP contribution in [-0.4, -0.2) is 38.3 Å². The zero-order chi connectivity index (χ0) is 26.0. The van der Waals surface area contributed by atoms with Crippen molar-refractivity contribution >= 4 is 0 Å². The first kappa shape index (κ1) is 24.7. The zero-order valence-corrected chi connectivity index (χ0v) is 20.4. The SMILES string of the molecule is Cc1cn(C2C[C@H](O)[C@@H](CO)O2)c(=O)n(NC(c2ccccc2)(c2ccccc2)c2ccccc2)c1=O. The zero-order valence-electron chi connectivity index (χ0n) is 20.4. The van der Waals surface area contributed by atoms with E-state index in [-0.39, 0.29) is 13.0 Å². The van der Waals surface area contributed by atoms with Gasteiger partial charge >= 0.3 is 5.69 Å². The van der Waals surface area contributed by atoms with Crippen molar-refractivity contribution in [1.82, 2.24) is 9.24 Å². The molecule has 4 aromatic rings. The number of nitrogens with zero attached hydrogens (tertiary/aromatic N) is 2. The minimum Gasteiger partial charge on any atom is -0.394 e. The molecule has 0 saturated carbocycles. The number of rotatable bonds is 7. The Morgan fingerprint density at radius 2 is 1.38 bits per heavy atom. The van der Waals surface area contributed by atoms with Crippen LogP contribution in [0.15, 0.2) is 107 Å². The van der Waals surface area contributed by atoms with Gasteiger partial charge in [0.05, 0.1) is 12.7 Å². The topological polar surface area (TPSA) is 106 Å². The third kappa shape index (κ3) is 4.40. The van der Waals surface area contributed by atoms with E-state index >= 15 is 0 Å². The highest BCUT2D eigenvalue weighted by atomic mass is 16.5. The number of hydrogen-bond acceptors (Lipinski definition) is 6. The third-order valence-corrected chi connectivity index (χ3v) is 6.88. The second-order valence-electron chi connectivity index (χ2n) is 9.22. The monoisotopic (exact) mass is 499 g/mol. The molecule has 0 amide bonds. The lowest BCUT2D eigenvalue weighted by Crippen LogP contribution is -2.54. The second-order valence-corrected chi connectivity index (χ2v) is 9.22. The largest absolute Gasteiger partial charge is 0.394 e. The van der Waals surface area contributed by atoms with E-state index in [9.17, 15) is 19.8 Å². The molecule has 8 heteroatoms. The first-order chi connectivity index (χ1) is 18.0. The molecule has 1 aromatic heterocycles. The summed E-state index contributed by atoms with van der Waals surface area (Å²) in [7, 11) is 0. The standard InChI is InChI=1S/C29H29N3O5/c1-20-18-31(26-17-24(34)25(19-33)37-26)28(36)32(27(20)35)30-29(21-11-5-2-6-12-21,22-13-7-3-8-14-22)23-15-9-4-10-16-23/h2-16,18,24-26,30,33-34H,17,19H2,1H3/t24-,25+,26?/m0/s1. The average molecular weight is 500 g/mol. The van der Waals surface area contributed by atoms with Crippen molar-refractivity contribution < 1.29 is 14.9 Å². The minimum absolute atomic E-state index is 0.115. The molecule has 3 atom stereocenters. The summed E-state index contributed by atoms with van der Waals surface area (Å²) in [6.45, 7) is 1.25. The lowest BCUT2D eigenvalue weighted by atomic mass is 9.77. The molecule has 3 N–H and O–H groups in total. The highest BCUT2D eigenvalue weighted by Crippen LogP contribution is 2.37. The van der Waals surface area contributed by atoms with Gasteiger partial charge in [0.15, 0.2) is 0 Å². The fourth-order valence-electron chi connectivity index (χ4n) is 4.98. The van der Waals surface area contributed by atoms with Gasteiger partial charge in [-0.25, -0.2) is 4.79 Å². The van der Waals surface area contributed by atoms with Gasteiger partial charge in [0.1, 0.15) is 17.9 Å². The van der Waals surface area contributed by atoms with E-state index in [1.165, 1.54) is 10.8 Å². The number of benzene rings is 3. The summed E-state index contributed by atoms with van der Waals surface area (Å²) in [5.74, 6) is 0. The molecule has 3 aromatic carbocycles. The molecule has 1 fully saturated rings. The van der Waals surface area contributed by atoms with E-state index in [4.69, 9.17) is 4.74 Å². The molecule has 1 aliphatic heterocycles. The fraction of sp³-hybridized carbons (Fsp3) is 0.241. The van der Waals surface area contributed by atoms with Gasteiger partial charge in [0, 0.05) is 18.2 Å². The molecule has 0 spiro atoms. The average Bonchev–Trinajstić information content (AvgIpc) is 3.32. The van der Waals surface area contributed by atoms with Gasteiger partial charge in [0.2, 0.25) is 0 Å². The Labute approximate surface area is 214 Å². The highest BCUT2D eigenvalue weighted by molar-refractivity contribution is 5.52. The van der Waals surface area contributed by atoms with Crippen LogP contribution in [0, 0.1) is 6.92 Å². The summed E-state index contributed by atoms with van der Waals surface area (Å²) in [4.78, 5) is 27.3. The Hall–Kier alpha value is -3.98. The van der Waals surface area contributed by atoms with Crippen LogP contribution in [0.4, 0.5) is 0 Å². The molecule has 1 aliphatic rings. The quantitative estimate of drug-likeness (QED) is 0.338. The summed E-state index contributed by atoms with van der Waals surface area (Å²) in [6.07, 6.45) is -0.999. The number of hydrogen-bond donors (Lipinski definition) is 3. The van der Waals surface area contributed by atoms with Crippen molar-refractivity contribution in [3.8, 4) is 0 Å². The van der Waals surface area contributed by atoms with Crippen molar-refractivity contribution in [2.45, 2.75) is 37.3 Å². The number of aryl methyl sites for hydroxylation is 1. The molecule has 8 nitrogen and oxygen atoms in total. The van der Waals surface area contributed by atoms with Crippen LogP contribution in [0.3, 0.4) is 0 Å². The van der Waals surface area contributed by atoms with Crippen molar-refractivity contribution in [2.75, 3.05) is 12.0 Å². The molecule has 5 rings (SSSR count). The first-order valence-corrected chi connectivity index (χ1v) is 12.2. The number of aliphatic hydroxyl groups excluding tert-OH is 2. The maximum Gasteiger partial charge on any atom is 0.352 e. The minimum atomic E-state index is -1.10. The third-order valence-electron chi connectivity index (χ3n) is 6.88. The summed E-state index contributed by atoms with van der Waals surface area (Å²) >= 11 is 0. The first-order valence-electron chi connectivity index (χ1n) is 12.2. The van der Waals surface area contributed by atoms with Gasteiger partial charge in [-0.2, -0.15) is 4.68 Å². The number of aromatic nitrogens is 2. The Kier molecular flexibility index (Phi) is 6.80. The Morgan fingerprint density at radius 3 is 1.81 bits per heavy atom. The van der Waals surface area contributed by atoms with Crippen LogP contribution >= 0.6 is 0 Å². The van der Waals surface area contributed by atoms with Gasteiger partial charge in [0.25, 0.3) is 5.56 Å². The molecular weight excluding hydrogens is 470 g/mol. The van der Waals surface area contributed by atoms with Crippen LogP contribution in [0.5, 0.6) is 0 Å². The fourth-order valence-corrected chi connectivity index (χ4v) is 4.98. The number of aliphatic hydroxyl groups is 2. The lowest BCUT2D eigenvalue weighted by molar-refractivity contribution is -0.0463. The van der Waals surface area contributed by atoms with Gasteiger partial charge in [-0.3, -0.25) is 14.8 Å². The van der Waals surface area contributed by atoms with Gasteiger partial charge in [-0.05, 0) is 23.6 Å². The summed E-state index contributed by atoms with van der Waals surface area (Å²) in [6, 6.07) is 28.9. The normalized spacial score (nSPS) is 19.6. The summed E-state index contributed by atoms with van der Waals surface area (Å²) < 4.78 is 8.06. The molecule has 190 valence electrons. The Bertz CT molecular complexity index is 1370.